The van der Waals surface area contributed by atoms with Gasteiger partial charge in [-0.2, -0.15) is 0 Å². The maximum absolute atomic E-state index is 11.5. The van der Waals surface area contributed by atoms with E-state index < -0.39 is 5.97 Å². The van der Waals surface area contributed by atoms with Gasteiger partial charge in [0, 0.05) is 6.92 Å². The predicted octanol–water partition coefficient (Wildman–Crippen LogP) is 2.19. The van der Waals surface area contributed by atoms with Gasteiger partial charge in [-0.25, -0.2) is 0 Å². The van der Waals surface area contributed by atoms with Gasteiger partial charge in [0.2, 0.25) is 5.75 Å². The van der Waals surface area contributed by atoms with Gasteiger partial charge < -0.3 is 14.2 Å². The van der Waals surface area contributed by atoms with E-state index in [9.17, 15) is 14.4 Å². The topological polar surface area (TPSA) is 78.9 Å². The first-order valence-corrected chi connectivity index (χ1v) is 6.52. The average Bonchev–Trinajstić information content (AvgIpc) is 2.44. The SMILES string of the molecule is COc1cc(/C=C/C(=O)CC(C)=O)cc(OC)c1OC(C)=O. The highest BCUT2D eigenvalue weighted by molar-refractivity contribution is 6.05. The Morgan fingerprint density at radius 1 is 1.05 bits per heavy atom. The van der Waals surface area contributed by atoms with E-state index in [1.807, 2.05) is 0 Å². The van der Waals surface area contributed by atoms with Crippen LogP contribution in [-0.2, 0) is 14.4 Å². The van der Waals surface area contributed by atoms with E-state index in [1.165, 1.54) is 40.2 Å². The molecule has 6 nitrogen and oxygen atoms in total. The minimum absolute atomic E-state index is 0.143. The zero-order valence-corrected chi connectivity index (χ0v) is 13.0. The molecule has 0 N–H and O–H groups in total. The molecule has 1 aromatic rings. The van der Waals surface area contributed by atoms with Crippen LogP contribution < -0.4 is 14.2 Å². The minimum atomic E-state index is -0.503. The fourth-order valence-electron chi connectivity index (χ4n) is 1.73. The molecule has 0 bridgehead atoms. The standard InChI is InChI=1S/C16H18O6/c1-10(17)7-13(19)6-5-12-8-14(20-3)16(22-11(2)18)15(9-12)21-4/h5-6,8-9H,7H2,1-4H3/b6-5+. The van der Waals surface area contributed by atoms with Crippen molar-refractivity contribution in [3.63, 3.8) is 0 Å². The first kappa shape index (κ1) is 17.4. The summed E-state index contributed by atoms with van der Waals surface area (Å²) in [6.45, 7) is 2.62. The first-order valence-electron chi connectivity index (χ1n) is 6.52. The van der Waals surface area contributed by atoms with E-state index in [1.54, 1.807) is 12.1 Å². The summed E-state index contributed by atoms with van der Waals surface area (Å²) in [7, 11) is 2.85. The van der Waals surface area contributed by atoms with Crippen LogP contribution in [0.25, 0.3) is 6.08 Å². The molecule has 0 fully saturated rings. The number of esters is 1. The number of hydrogen-bond acceptors (Lipinski definition) is 6. The zero-order valence-electron chi connectivity index (χ0n) is 13.0. The summed E-state index contributed by atoms with van der Waals surface area (Å²) in [6.07, 6.45) is 2.70. The van der Waals surface area contributed by atoms with Crippen LogP contribution in [0.5, 0.6) is 17.2 Å². The molecule has 0 spiro atoms. The van der Waals surface area contributed by atoms with Crippen LogP contribution in [0.3, 0.4) is 0 Å². The number of carbonyl (C=O) groups is 3. The van der Waals surface area contributed by atoms with Crippen molar-refractivity contribution in [1.29, 1.82) is 0 Å². The van der Waals surface area contributed by atoms with E-state index in [0.717, 1.165) is 0 Å². The molecule has 0 radical (unpaired) electrons. The molecule has 1 aromatic carbocycles. The summed E-state index contributed by atoms with van der Waals surface area (Å²) in [5.41, 5.74) is 0.613. The summed E-state index contributed by atoms with van der Waals surface area (Å²) in [5.74, 6) is -0.229. The lowest BCUT2D eigenvalue weighted by Crippen LogP contribution is -2.05. The normalized spacial score (nSPS) is 10.4. The van der Waals surface area contributed by atoms with Crippen molar-refractivity contribution in [3.8, 4) is 17.2 Å². The van der Waals surface area contributed by atoms with Crippen molar-refractivity contribution in [2.45, 2.75) is 20.3 Å². The van der Waals surface area contributed by atoms with E-state index in [4.69, 9.17) is 14.2 Å². The van der Waals surface area contributed by atoms with E-state index in [0.29, 0.717) is 17.1 Å². The lowest BCUT2D eigenvalue weighted by Gasteiger charge is -2.13. The lowest BCUT2D eigenvalue weighted by atomic mass is 10.1. The molecule has 0 aromatic heterocycles. The number of ketones is 2. The van der Waals surface area contributed by atoms with Crippen molar-refractivity contribution in [2.75, 3.05) is 14.2 Å². The zero-order chi connectivity index (χ0) is 16.7. The maximum atomic E-state index is 11.5. The Bertz CT molecular complexity index is 590. The molecular formula is C16H18O6. The monoisotopic (exact) mass is 306 g/mol. The molecule has 0 aliphatic rings. The van der Waals surface area contributed by atoms with Gasteiger partial charge in [-0.1, -0.05) is 6.08 Å². The third kappa shape index (κ3) is 5.05. The number of allylic oxidation sites excluding steroid dienone is 1. The second-order valence-electron chi connectivity index (χ2n) is 4.53. The number of carbonyl (C=O) groups excluding carboxylic acids is 3. The Morgan fingerprint density at radius 2 is 1.59 bits per heavy atom. The fraction of sp³-hybridized carbons (Fsp3) is 0.312. The van der Waals surface area contributed by atoms with Gasteiger partial charge in [0.1, 0.15) is 5.78 Å². The van der Waals surface area contributed by atoms with Crippen LogP contribution >= 0.6 is 0 Å². The van der Waals surface area contributed by atoms with Crippen molar-refractivity contribution >= 4 is 23.6 Å². The number of benzene rings is 1. The van der Waals surface area contributed by atoms with Gasteiger partial charge in [-0.3, -0.25) is 14.4 Å². The molecule has 0 atom stereocenters. The predicted molar refractivity (Wildman–Crippen MR) is 80.2 cm³/mol. The minimum Gasteiger partial charge on any atom is -0.493 e. The Morgan fingerprint density at radius 3 is 2.00 bits per heavy atom. The van der Waals surface area contributed by atoms with Crippen molar-refractivity contribution in [1.82, 2.24) is 0 Å². The molecule has 0 unspecified atom stereocenters. The summed E-state index contributed by atoms with van der Waals surface area (Å²) in [6, 6.07) is 3.19. The van der Waals surface area contributed by atoms with E-state index in [-0.39, 0.29) is 23.7 Å². The highest BCUT2D eigenvalue weighted by Crippen LogP contribution is 2.39. The van der Waals surface area contributed by atoms with Crippen LogP contribution in [0.15, 0.2) is 18.2 Å². The van der Waals surface area contributed by atoms with Crippen LogP contribution in [0.2, 0.25) is 0 Å². The van der Waals surface area contributed by atoms with Crippen LogP contribution in [0, 0.1) is 0 Å². The second-order valence-corrected chi connectivity index (χ2v) is 4.53. The summed E-state index contributed by atoms with van der Waals surface area (Å²) >= 11 is 0. The summed E-state index contributed by atoms with van der Waals surface area (Å²) in [5, 5.41) is 0. The molecule has 0 aliphatic heterocycles. The van der Waals surface area contributed by atoms with Gasteiger partial charge in [-0.05, 0) is 30.7 Å². The Hall–Kier alpha value is -2.63. The number of Topliss-reactive ketones (excluding diaryl/α,β-unsaturated/α-hetero) is 1. The summed E-state index contributed by atoms with van der Waals surface area (Å²) in [4.78, 5) is 33.5. The largest absolute Gasteiger partial charge is 0.493 e. The Labute approximate surface area is 128 Å². The number of hydrogen-bond donors (Lipinski definition) is 0. The van der Waals surface area contributed by atoms with Gasteiger partial charge in [-0.15, -0.1) is 0 Å². The molecule has 0 amide bonds. The van der Waals surface area contributed by atoms with Crippen LogP contribution in [-0.4, -0.2) is 31.8 Å². The molecule has 0 aliphatic carbocycles. The molecule has 1 rings (SSSR count). The highest BCUT2D eigenvalue weighted by Gasteiger charge is 2.15. The van der Waals surface area contributed by atoms with Gasteiger partial charge in [0.05, 0.1) is 20.6 Å². The molecule has 118 valence electrons. The number of rotatable bonds is 7. The Balaban J connectivity index is 3.12. The maximum Gasteiger partial charge on any atom is 0.308 e. The Kier molecular flexibility index (Phi) is 6.31. The van der Waals surface area contributed by atoms with Crippen LogP contribution in [0.1, 0.15) is 25.8 Å². The quantitative estimate of drug-likeness (QED) is 0.332. The smallest absolute Gasteiger partial charge is 0.308 e. The van der Waals surface area contributed by atoms with Gasteiger partial charge >= 0.3 is 5.97 Å². The molecule has 6 heteroatoms. The number of methoxy groups -OCH3 is 2. The van der Waals surface area contributed by atoms with Crippen molar-refractivity contribution in [3.05, 3.63) is 23.8 Å². The molecule has 22 heavy (non-hydrogen) atoms. The lowest BCUT2D eigenvalue weighted by molar-refractivity contribution is -0.132. The molecule has 0 saturated heterocycles. The summed E-state index contributed by atoms with van der Waals surface area (Å²) < 4.78 is 15.4. The third-order valence-electron chi connectivity index (χ3n) is 2.61. The van der Waals surface area contributed by atoms with Gasteiger partial charge in [0.15, 0.2) is 17.3 Å². The molecular weight excluding hydrogens is 288 g/mol. The highest BCUT2D eigenvalue weighted by atomic mass is 16.6. The molecule has 0 heterocycles. The van der Waals surface area contributed by atoms with E-state index in [2.05, 4.69) is 0 Å². The van der Waals surface area contributed by atoms with Crippen molar-refractivity contribution < 1.29 is 28.6 Å². The number of ether oxygens (including phenoxy) is 3. The third-order valence-corrected chi connectivity index (χ3v) is 2.61. The van der Waals surface area contributed by atoms with Crippen LogP contribution in [0.4, 0.5) is 0 Å². The first-order chi connectivity index (χ1) is 10.4. The van der Waals surface area contributed by atoms with Crippen molar-refractivity contribution in [2.24, 2.45) is 0 Å². The van der Waals surface area contributed by atoms with Gasteiger partial charge in [0.25, 0.3) is 0 Å². The second kappa shape index (κ2) is 7.97. The fourth-order valence-corrected chi connectivity index (χ4v) is 1.73. The molecule has 0 saturated carbocycles. The van der Waals surface area contributed by atoms with E-state index >= 15 is 0 Å². The average molecular weight is 306 g/mol.